The van der Waals surface area contributed by atoms with Crippen LogP contribution in [0.2, 0.25) is 0 Å². The van der Waals surface area contributed by atoms with Crippen LogP contribution in [0, 0.1) is 10.1 Å². The van der Waals surface area contributed by atoms with Gasteiger partial charge in [0.1, 0.15) is 11.5 Å². The van der Waals surface area contributed by atoms with Crippen LogP contribution in [0.25, 0.3) is 0 Å². The lowest BCUT2D eigenvalue weighted by atomic mass is 10.0. The van der Waals surface area contributed by atoms with Gasteiger partial charge in [-0.3, -0.25) is 14.9 Å². The van der Waals surface area contributed by atoms with Crippen molar-refractivity contribution < 1.29 is 14.5 Å². The summed E-state index contributed by atoms with van der Waals surface area (Å²) in [5, 5.41) is 10.6. The second kappa shape index (κ2) is 7.74. The van der Waals surface area contributed by atoms with E-state index in [2.05, 4.69) is 0 Å². The lowest BCUT2D eigenvalue weighted by Crippen LogP contribution is -2.04. The molecule has 104 valence electrons. The number of ketones is 1. The molecule has 0 saturated heterocycles. The maximum Gasteiger partial charge on any atom is 0.273 e. The number of hydrogen-bond donors (Lipinski definition) is 0. The zero-order valence-corrected chi connectivity index (χ0v) is 11.5. The Balaban J connectivity index is 2.72. The van der Waals surface area contributed by atoms with Crippen molar-refractivity contribution in [3.63, 3.8) is 0 Å². The summed E-state index contributed by atoms with van der Waals surface area (Å²) >= 11 is 5.54. The van der Waals surface area contributed by atoms with E-state index in [0.717, 1.165) is 12.8 Å². The largest absolute Gasteiger partial charge is 0.496 e. The first kappa shape index (κ1) is 15.4. The van der Waals surface area contributed by atoms with Crippen molar-refractivity contribution in [3.05, 3.63) is 33.9 Å². The summed E-state index contributed by atoms with van der Waals surface area (Å²) < 4.78 is 5.08. The van der Waals surface area contributed by atoms with Crippen LogP contribution in [0.5, 0.6) is 5.75 Å². The molecular weight excluding hydrogens is 270 g/mol. The molecule has 5 nitrogen and oxygen atoms in total. The topological polar surface area (TPSA) is 69.4 Å². The first-order valence-electron chi connectivity index (χ1n) is 5.97. The molecule has 0 aliphatic heterocycles. The van der Waals surface area contributed by atoms with Gasteiger partial charge in [0.15, 0.2) is 0 Å². The van der Waals surface area contributed by atoms with Crippen molar-refractivity contribution in [3.8, 4) is 5.75 Å². The monoisotopic (exact) mass is 285 g/mol. The molecule has 0 aliphatic rings. The summed E-state index contributed by atoms with van der Waals surface area (Å²) in [5.74, 6) is 1.01. The number of methoxy groups -OCH3 is 1. The van der Waals surface area contributed by atoms with Gasteiger partial charge in [-0.25, -0.2) is 0 Å². The average Bonchev–Trinajstić information content (AvgIpc) is 2.39. The third-order valence-corrected chi connectivity index (χ3v) is 2.98. The Labute approximate surface area is 116 Å². The van der Waals surface area contributed by atoms with E-state index >= 15 is 0 Å². The molecule has 1 aromatic carbocycles. The highest BCUT2D eigenvalue weighted by Gasteiger charge is 2.13. The van der Waals surface area contributed by atoms with Crippen LogP contribution in [0.4, 0.5) is 5.69 Å². The molecule has 0 amide bonds. The number of alkyl halides is 1. The van der Waals surface area contributed by atoms with Crippen LogP contribution in [0.1, 0.15) is 24.8 Å². The van der Waals surface area contributed by atoms with Gasteiger partial charge >= 0.3 is 0 Å². The van der Waals surface area contributed by atoms with Crippen molar-refractivity contribution >= 4 is 23.1 Å². The van der Waals surface area contributed by atoms with Gasteiger partial charge in [-0.05, 0) is 18.9 Å². The number of non-ortho nitro benzene ring substituents is 1. The van der Waals surface area contributed by atoms with Gasteiger partial charge < -0.3 is 4.74 Å². The Kier molecular flexibility index (Phi) is 6.29. The van der Waals surface area contributed by atoms with Gasteiger partial charge in [-0.1, -0.05) is 0 Å². The quantitative estimate of drug-likeness (QED) is 0.318. The van der Waals surface area contributed by atoms with E-state index in [0.29, 0.717) is 23.6 Å². The maximum atomic E-state index is 11.7. The molecule has 6 heteroatoms. The van der Waals surface area contributed by atoms with Crippen LogP contribution >= 0.6 is 11.6 Å². The van der Waals surface area contributed by atoms with Gasteiger partial charge in [-0.15, -0.1) is 11.6 Å². The highest BCUT2D eigenvalue weighted by Crippen LogP contribution is 2.25. The number of unbranched alkanes of at least 4 members (excludes halogenated alkanes) is 1. The minimum atomic E-state index is -0.491. The van der Waals surface area contributed by atoms with Gasteiger partial charge in [0.25, 0.3) is 5.69 Å². The number of halogens is 1. The van der Waals surface area contributed by atoms with Crippen LogP contribution in [0.15, 0.2) is 18.2 Å². The number of benzene rings is 1. The third-order valence-electron chi connectivity index (χ3n) is 2.71. The number of carbonyl (C=O) groups is 1. The Hall–Kier alpha value is -1.62. The standard InChI is InChI=1S/C13H16ClNO4/c1-19-13-9-11(15(17)18)6-5-10(13)8-12(16)4-2-3-7-14/h5-6,9H,2-4,7-8H2,1H3. The smallest absolute Gasteiger partial charge is 0.273 e. The Bertz CT molecular complexity index is 462. The molecule has 19 heavy (non-hydrogen) atoms. The number of rotatable bonds is 8. The van der Waals surface area contributed by atoms with Crippen LogP contribution < -0.4 is 4.74 Å². The lowest BCUT2D eigenvalue weighted by Gasteiger charge is -2.07. The summed E-state index contributed by atoms with van der Waals surface area (Å²) in [6, 6.07) is 4.28. The Morgan fingerprint density at radius 3 is 2.74 bits per heavy atom. The van der Waals surface area contributed by atoms with Crippen LogP contribution in [-0.4, -0.2) is 23.7 Å². The predicted octanol–water partition coefficient (Wildman–Crippen LogP) is 3.12. The van der Waals surface area contributed by atoms with Crippen molar-refractivity contribution in [1.82, 2.24) is 0 Å². The summed E-state index contributed by atoms with van der Waals surface area (Å²) in [4.78, 5) is 21.9. The predicted molar refractivity (Wildman–Crippen MR) is 72.9 cm³/mol. The maximum absolute atomic E-state index is 11.7. The van der Waals surface area contributed by atoms with E-state index < -0.39 is 4.92 Å². The van der Waals surface area contributed by atoms with Crippen molar-refractivity contribution in [2.45, 2.75) is 25.7 Å². The van der Waals surface area contributed by atoms with Crippen molar-refractivity contribution in [1.29, 1.82) is 0 Å². The molecule has 0 heterocycles. The van der Waals surface area contributed by atoms with E-state index in [1.54, 1.807) is 6.07 Å². The van der Waals surface area contributed by atoms with E-state index in [-0.39, 0.29) is 17.9 Å². The number of hydrogen-bond acceptors (Lipinski definition) is 4. The first-order valence-corrected chi connectivity index (χ1v) is 6.51. The fraction of sp³-hybridized carbons (Fsp3) is 0.462. The summed E-state index contributed by atoms with van der Waals surface area (Å²) in [7, 11) is 1.43. The molecule has 1 aromatic rings. The molecule has 0 spiro atoms. The number of nitrogens with zero attached hydrogens (tertiary/aromatic N) is 1. The number of nitro benzene ring substituents is 1. The second-order valence-electron chi connectivity index (χ2n) is 4.11. The van der Waals surface area contributed by atoms with Gasteiger partial charge in [-0.2, -0.15) is 0 Å². The van der Waals surface area contributed by atoms with Crippen LogP contribution in [-0.2, 0) is 11.2 Å². The number of nitro groups is 1. The zero-order valence-electron chi connectivity index (χ0n) is 10.7. The molecule has 0 aromatic heterocycles. The first-order chi connectivity index (χ1) is 9.08. The van der Waals surface area contributed by atoms with E-state index in [1.165, 1.54) is 19.2 Å². The summed E-state index contributed by atoms with van der Waals surface area (Å²) in [5.41, 5.74) is 0.624. The highest BCUT2D eigenvalue weighted by molar-refractivity contribution is 6.17. The minimum absolute atomic E-state index is 0.0461. The lowest BCUT2D eigenvalue weighted by molar-refractivity contribution is -0.384. The van der Waals surface area contributed by atoms with Crippen molar-refractivity contribution in [2.24, 2.45) is 0 Å². The SMILES string of the molecule is COc1cc([N+](=O)[O-])ccc1CC(=O)CCCCCl. The fourth-order valence-corrected chi connectivity index (χ4v) is 1.90. The molecule has 0 atom stereocenters. The number of carbonyl (C=O) groups excluding carboxylic acids is 1. The number of Topliss-reactive ketones (excluding diaryl/α,β-unsaturated/α-hetero) is 1. The molecule has 0 N–H and O–H groups in total. The molecule has 0 bridgehead atoms. The number of ether oxygens (including phenoxy) is 1. The van der Waals surface area contributed by atoms with E-state index in [1.807, 2.05) is 0 Å². The molecule has 0 radical (unpaired) electrons. The van der Waals surface area contributed by atoms with Gasteiger partial charge in [0.2, 0.25) is 0 Å². The van der Waals surface area contributed by atoms with Gasteiger partial charge in [0, 0.05) is 30.4 Å². The highest BCUT2D eigenvalue weighted by atomic mass is 35.5. The normalized spacial score (nSPS) is 10.2. The second-order valence-corrected chi connectivity index (χ2v) is 4.49. The van der Waals surface area contributed by atoms with Crippen molar-refractivity contribution in [2.75, 3.05) is 13.0 Å². The third kappa shape index (κ3) is 4.87. The average molecular weight is 286 g/mol. The van der Waals surface area contributed by atoms with Gasteiger partial charge in [0.05, 0.1) is 18.1 Å². The summed E-state index contributed by atoms with van der Waals surface area (Å²) in [6.45, 7) is 0. The zero-order chi connectivity index (χ0) is 14.3. The molecular formula is C13H16ClNO4. The molecule has 0 aliphatic carbocycles. The minimum Gasteiger partial charge on any atom is -0.496 e. The molecule has 0 unspecified atom stereocenters. The molecule has 0 fully saturated rings. The van der Waals surface area contributed by atoms with E-state index in [4.69, 9.17) is 16.3 Å². The summed E-state index contributed by atoms with van der Waals surface area (Å²) in [6.07, 6.45) is 2.26. The Morgan fingerprint density at radius 2 is 2.16 bits per heavy atom. The fourth-order valence-electron chi connectivity index (χ4n) is 1.71. The van der Waals surface area contributed by atoms with E-state index in [9.17, 15) is 14.9 Å². The van der Waals surface area contributed by atoms with Crippen LogP contribution in [0.3, 0.4) is 0 Å². The molecule has 1 rings (SSSR count). The molecule has 0 saturated carbocycles. The Morgan fingerprint density at radius 1 is 1.42 bits per heavy atom.